The molecular formula is C22H14F2N6O. The number of hydrogen-bond acceptors (Lipinski definition) is 5. The monoisotopic (exact) mass is 416 g/mol. The zero-order chi connectivity index (χ0) is 21.4. The summed E-state index contributed by atoms with van der Waals surface area (Å²) in [6.07, 6.45) is 3.29. The number of fused-ring (bicyclic) bond motifs is 1. The van der Waals surface area contributed by atoms with Crippen molar-refractivity contribution in [3.8, 4) is 22.5 Å². The number of halogens is 2. The Morgan fingerprint density at radius 1 is 0.839 bits per heavy atom. The summed E-state index contributed by atoms with van der Waals surface area (Å²) in [4.78, 5) is 17.3. The zero-order valence-corrected chi connectivity index (χ0v) is 16.0. The van der Waals surface area contributed by atoms with Crippen LogP contribution in [0, 0.1) is 11.6 Å². The molecule has 3 aromatic heterocycles. The third-order valence-corrected chi connectivity index (χ3v) is 4.80. The van der Waals surface area contributed by atoms with Crippen molar-refractivity contribution in [3.05, 3.63) is 101 Å². The van der Waals surface area contributed by atoms with Crippen molar-refractivity contribution in [3.63, 3.8) is 0 Å². The molecule has 0 saturated carbocycles. The van der Waals surface area contributed by atoms with Crippen LogP contribution in [0.4, 0.5) is 8.78 Å². The molecule has 3 heterocycles. The Morgan fingerprint density at radius 2 is 1.52 bits per heavy atom. The smallest absolute Gasteiger partial charge is 0.264 e. The Kier molecular flexibility index (Phi) is 4.55. The molecule has 0 saturated heterocycles. The number of rotatable bonds is 4. The molecule has 0 amide bonds. The summed E-state index contributed by atoms with van der Waals surface area (Å²) in [5, 5.41) is 12.6. The molecule has 0 aliphatic rings. The van der Waals surface area contributed by atoms with E-state index in [0.717, 1.165) is 5.56 Å². The predicted octanol–water partition coefficient (Wildman–Crippen LogP) is 3.34. The SMILES string of the molecule is O=c1n(Cc2cccnc2)nc2nnc(-c3ccc(F)cc3)c(-c3ccc(F)cc3)n12. The van der Waals surface area contributed by atoms with Crippen LogP contribution in [0.5, 0.6) is 0 Å². The van der Waals surface area contributed by atoms with Crippen molar-refractivity contribution in [1.82, 2.24) is 29.4 Å². The Hall–Kier alpha value is -4.27. The first kappa shape index (κ1) is 18.7. The third kappa shape index (κ3) is 3.46. The molecule has 9 heteroatoms. The minimum absolute atomic E-state index is 0.0964. The maximum atomic E-state index is 13.5. The van der Waals surface area contributed by atoms with E-state index in [9.17, 15) is 13.6 Å². The molecule has 5 rings (SSSR count). The van der Waals surface area contributed by atoms with E-state index in [-0.39, 0.29) is 12.3 Å². The van der Waals surface area contributed by atoms with E-state index in [1.807, 2.05) is 6.07 Å². The summed E-state index contributed by atoms with van der Waals surface area (Å²) in [7, 11) is 0. The molecule has 2 aromatic carbocycles. The van der Waals surface area contributed by atoms with Gasteiger partial charge < -0.3 is 0 Å². The van der Waals surface area contributed by atoms with E-state index in [1.54, 1.807) is 42.7 Å². The molecule has 0 aliphatic carbocycles. The van der Waals surface area contributed by atoms with Gasteiger partial charge in [0, 0.05) is 23.5 Å². The normalized spacial score (nSPS) is 11.2. The fourth-order valence-corrected chi connectivity index (χ4v) is 3.35. The van der Waals surface area contributed by atoms with Gasteiger partial charge in [-0.25, -0.2) is 22.7 Å². The van der Waals surface area contributed by atoms with Gasteiger partial charge in [0.1, 0.15) is 17.3 Å². The fraction of sp³-hybridized carbons (Fsp3) is 0.0455. The van der Waals surface area contributed by atoms with Crippen molar-refractivity contribution >= 4 is 5.78 Å². The molecule has 0 bridgehead atoms. The Morgan fingerprint density at radius 3 is 2.16 bits per heavy atom. The number of benzene rings is 2. The van der Waals surface area contributed by atoms with Crippen LogP contribution < -0.4 is 5.69 Å². The van der Waals surface area contributed by atoms with Crippen LogP contribution in [0.25, 0.3) is 28.3 Å². The summed E-state index contributed by atoms with van der Waals surface area (Å²) in [6.45, 7) is 0.199. The second-order valence-corrected chi connectivity index (χ2v) is 6.85. The molecule has 0 N–H and O–H groups in total. The average Bonchev–Trinajstić information content (AvgIpc) is 3.10. The zero-order valence-electron chi connectivity index (χ0n) is 16.0. The van der Waals surface area contributed by atoms with Gasteiger partial charge in [-0.1, -0.05) is 6.07 Å². The van der Waals surface area contributed by atoms with Crippen LogP contribution in [0.15, 0.2) is 77.9 Å². The van der Waals surface area contributed by atoms with Crippen molar-refractivity contribution in [2.24, 2.45) is 0 Å². The topological polar surface area (TPSA) is 78.0 Å². The fourth-order valence-electron chi connectivity index (χ4n) is 3.35. The van der Waals surface area contributed by atoms with Crippen LogP contribution in [-0.2, 0) is 6.54 Å². The highest BCUT2D eigenvalue weighted by Gasteiger charge is 2.20. The molecule has 31 heavy (non-hydrogen) atoms. The Balaban J connectivity index is 1.76. The standard InChI is InChI=1S/C22H14F2N6O/c23-17-7-3-15(4-8-17)19-20(16-5-9-18(24)10-6-16)30-21(27-26-19)28-29(22(30)31)13-14-2-1-11-25-12-14/h1-12H,13H2. The highest BCUT2D eigenvalue weighted by atomic mass is 19.1. The van der Waals surface area contributed by atoms with Gasteiger partial charge in [0.05, 0.1) is 12.2 Å². The van der Waals surface area contributed by atoms with Gasteiger partial charge in [-0.05, 0) is 60.2 Å². The summed E-state index contributed by atoms with van der Waals surface area (Å²) in [5.74, 6) is -0.716. The van der Waals surface area contributed by atoms with Gasteiger partial charge in [0.15, 0.2) is 0 Å². The molecule has 0 spiro atoms. The molecular weight excluding hydrogens is 402 g/mol. The lowest BCUT2D eigenvalue weighted by molar-refractivity contribution is 0.627. The summed E-state index contributed by atoms with van der Waals surface area (Å²) in [5.41, 5.74) is 2.20. The van der Waals surface area contributed by atoms with E-state index in [4.69, 9.17) is 0 Å². The summed E-state index contributed by atoms with van der Waals surface area (Å²) < 4.78 is 29.6. The number of pyridine rings is 1. The van der Waals surface area contributed by atoms with Gasteiger partial charge in [-0.2, -0.15) is 0 Å². The first-order chi connectivity index (χ1) is 15.1. The lowest BCUT2D eigenvalue weighted by atomic mass is 10.0. The summed E-state index contributed by atoms with van der Waals surface area (Å²) >= 11 is 0. The number of aromatic nitrogens is 6. The van der Waals surface area contributed by atoms with Gasteiger partial charge in [0.25, 0.3) is 5.78 Å². The lowest BCUT2D eigenvalue weighted by Gasteiger charge is -2.10. The molecule has 5 aromatic rings. The van der Waals surface area contributed by atoms with Crippen LogP contribution in [0.3, 0.4) is 0 Å². The molecule has 0 fully saturated rings. The van der Waals surface area contributed by atoms with Gasteiger partial charge in [-0.3, -0.25) is 4.98 Å². The van der Waals surface area contributed by atoms with Crippen LogP contribution in [0.1, 0.15) is 5.56 Å². The van der Waals surface area contributed by atoms with Gasteiger partial charge in [-0.15, -0.1) is 15.3 Å². The second-order valence-electron chi connectivity index (χ2n) is 6.85. The molecule has 0 radical (unpaired) electrons. The maximum absolute atomic E-state index is 13.5. The van der Waals surface area contributed by atoms with Gasteiger partial charge >= 0.3 is 5.69 Å². The van der Waals surface area contributed by atoms with Crippen molar-refractivity contribution in [2.45, 2.75) is 6.54 Å². The molecule has 152 valence electrons. The molecule has 0 aliphatic heterocycles. The summed E-state index contributed by atoms with van der Waals surface area (Å²) in [6, 6.07) is 15.0. The maximum Gasteiger partial charge on any atom is 0.352 e. The van der Waals surface area contributed by atoms with E-state index < -0.39 is 17.3 Å². The predicted molar refractivity (Wildman–Crippen MR) is 109 cm³/mol. The second kappa shape index (κ2) is 7.52. The largest absolute Gasteiger partial charge is 0.352 e. The molecule has 0 unspecified atom stereocenters. The van der Waals surface area contributed by atoms with Crippen LogP contribution in [-0.4, -0.2) is 29.4 Å². The Labute approximate surface area is 174 Å². The van der Waals surface area contributed by atoms with Gasteiger partial charge in [0.2, 0.25) is 0 Å². The van der Waals surface area contributed by atoms with Crippen LogP contribution in [0.2, 0.25) is 0 Å². The van der Waals surface area contributed by atoms with Crippen molar-refractivity contribution < 1.29 is 8.78 Å². The van der Waals surface area contributed by atoms with E-state index in [2.05, 4.69) is 20.3 Å². The average molecular weight is 416 g/mol. The minimum Gasteiger partial charge on any atom is -0.264 e. The first-order valence-corrected chi connectivity index (χ1v) is 9.37. The third-order valence-electron chi connectivity index (χ3n) is 4.80. The molecule has 7 nitrogen and oxygen atoms in total. The van der Waals surface area contributed by atoms with E-state index >= 15 is 0 Å². The first-order valence-electron chi connectivity index (χ1n) is 9.37. The van der Waals surface area contributed by atoms with Crippen molar-refractivity contribution in [1.29, 1.82) is 0 Å². The lowest BCUT2D eigenvalue weighted by Crippen LogP contribution is -2.23. The highest BCUT2D eigenvalue weighted by Crippen LogP contribution is 2.29. The van der Waals surface area contributed by atoms with Crippen LogP contribution >= 0.6 is 0 Å². The van der Waals surface area contributed by atoms with E-state index in [1.165, 1.54) is 33.3 Å². The number of nitrogens with zero attached hydrogens (tertiary/aromatic N) is 6. The highest BCUT2D eigenvalue weighted by molar-refractivity contribution is 5.78. The van der Waals surface area contributed by atoms with E-state index in [0.29, 0.717) is 22.5 Å². The Bertz CT molecular complexity index is 1430. The number of hydrogen-bond donors (Lipinski definition) is 0. The minimum atomic E-state index is -0.434. The van der Waals surface area contributed by atoms with Crippen molar-refractivity contribution in [2.75, 3.05) is 0 Å². The molecule has 0 atom stereocenters. The quantitative estimate of drug-likeness (QED) is 0.449.